The molecule has 85 heavy (non-hydrogen) atoms. The van der Waals surface area contributed by atoms with Crippen LogP contribution in [0, 0.1) is 0 Å². The van der Waals surface area contributed by atoms with Crippen molar-refractivity contribution in [2.75, 3.05) is 0 Å². The summed E-state index contributed by atoms with van der Waals surface area (Å²) in [5.74, 6) is 0. The first-order chi connectivity index (χ1) is 36.0. The summed E-state index contributed by atoms with van der Waals surface area (Å²) in [6, 6.07) is 38.6. The van der Waals surface area contributed by atoms with Gasteiger partial charge in [0.15, 0.2) is 0 Å². The van der Waals surface area contributed by atoms with Crippen LogP contribution < -0.4 is 20.7 Å². The third-order valence-electron chi connectivity index (χ3n) is 9.47. The highest BCUT2D eigenvalue weighted by atomic mass is 28.5. The van der Waals surface area contributed by atoms with E-state index >= 15 is 0 Å². The summed E-state index contributed by atoms with van der Waals surface area (Å²) in [5.41, 5.74) is 0. The average Bonchev–Trinajstić information content (AvgIpc) is 3.21. The first kappa shape index (κ1) is 90.2. The minimum Gasteiger partial charge on any atom is -0.416 e. The lowest BCUT2D eigenvalue weighted by Gasteiger charge is -2.42. The molecule has 0 aliphatic heterocycles. The molecule has 0 aliphatic carbocycles. The maximum absolute atomic E-state index is 12.3. The van der Waals surface area contributed by atoms with Crippen molar-refractivity contribution in [2.45, 2.75) is 186 Å². The summed E-state index contributed by atoms with van der Waals surface area (Å²) in [4.78, 5) is 80.5. The summed E-state index contributed by atoms with van der Waals surface area (Å²) < 4.78 is 90.3. The van der Waals surface area contributed by atoms with Crippen LogP contribution in [0.2, 0.25) is 144 Å². The van der Waals surface area contributed by atoms with E-state index in [1.807, 2.05) is 148 Å². The first-order valence-electron chi connectivity index (χ1n) is 26.4. The van der Waals surface area contributed by atoms with Crippen LogP contribution in [-0.4, -0.2) is 156 Å². The molecule has 4 aromatic rings. The molecule has 0 bridgehead atoms. The largest absolute Gasteiger partial charge is 0.416 e. The van der Waals surface area contributed by atoms with Crippen LogP contribution in [-0.2, 0) is 37.0 Å². The maximum atomic E-state index is 12.3. The molecule has 0 unspecified atom stereocenters. The molecule has 8 N–H and O–H groups in total. The van der Waals surface area contributed by atoms with Crippen LogP contribution in [0.5, 0.6) is 0 Å². The second kappa shape index (κ2) is 35.0. The molecule has 0 aromatic heterocycles. The van der Waals surface area contributed by atoms with E-state index in [1.165, 1.54) is 32.7 Å². The van der Waals surface area contributed by atoms with E-state index < -0.39 is 124 Å². The molecular formula is C52H111F3O17Si13. The van der Waals surface area contributed by atoms with Crippen LogP contribution >= 0.6 is 0 Å². The number of alkyl halides is 3. The van der Waals surface area contributed by atoms with Crippen molar-refractivity contribution in [1.29, 1.82) is 0 Å². The highest BCUT2D eigenvalue weighted by Crippen LogP contribution is 2.31. The van der Waals surface area contributed by atoms with Crippen LogP contribution in [0.15, 0.2) is 121 Å². The number of benzene rings is 4. The van der Waals surface area contributed by atoms with Gasteiger partial charge in [-0.2, -0.15) is 13.2 Å². The molecule has 0 atom stereocenters. The van der Waals surface area contributed by atoms with Gasteiger partial charge in [0.25, 0.3) is 0 Å². The van der Waals surface area contributed by atoms with Crippen LogP contribution in [0.1, 0.15) is 36.1 Å². The zero-order valence-corrected chi connectivity index (χ0v) is 64.3. The fraction of sp³-hybridized carbons (Fsp3) is 0.538. The summed E-state index contributed by atoms with van der Waals surface area (Å²) in [6.45, 7) is 35.4. The van der Waals surface area contributed by atoms with Crippen LogP contribution in [0.25, 0.3) is 0 Å². The first-order valence-corrected chi connectivity index (χ1v) is 61.0. The Morgan fingerprint density at radius 3 is 0.635 bits per heavy atom. The van der Waals surface area contributed by atoms with Gasteiger partial charge in [-0.25, -0.2) is 0 Å². The Hall–Kier alpha value is -1.19. The summed E-state index contributed by atoms with van der Waals surface area (Å²) in [5, 5.41) is 3.59. The quantitative estimate of drug-likeness (QED) is 0.0304. The van der Waals surface area contributed by atoms with Gasteiger partial charge in [0.2, 0.25) is 0 Å². The van der Waals surface area contributed by atoms with Gasteiger partial charge >= 0.3 is 117 Å². The third-order valence-corrected chi connectivity index (χ3v) is 46.9. The zero-order valence-electron chi connectivity index (χ0n) is 51.3. The standard InChI is InChI=1S/C18H30O5Si4.C16H24O4Si3.C8H21F3O4Si3.C6H20O4Si3.4CH4/c1-24(2,19)21-26(5,6)23-27(22-25(3,4)20,17-13-9-7-10-14-17)18-15-11-8-12-16-18;1-21(2,17)19-23(20-22(3,4)18,15-11-7-5-8-12-15)16-13-9-6-10-14-16;1-16(2,12)14-18(5,15-17(3,4)13)7-6-8(9,10)11;1-11(2,7)9-13(5,6)10-12(3,4)8;;;;/h7-16,19-20H,1-6H3;5-14,17-18H,1-4H3;12-13H,6-7H2,1-5H3;7-8H,1-6H3;4*1H4. The molecule has 0 radical (unpaired) electrons. The Kier molecular flexibility index (Phi) is 37.2. The fourth-order valence-electron chi connectivity index (χ4n) is 8.27. The monoisotopic (exact) mass is 1430 g/mol. The molecule has 0 spiro atoms. The lowest BCUT2D eigenvalue weighted by Crippen LogP contribution is -2.71. The van der Waals surface area contributed by atoms with Gasteiger partial charge in [0.1, 0.15) is 0 Å². The molecule has 494 valence electrons. The smallest absolute Gasteiger partial charge is 0.389 e. The minimum absolute atomic E-state index is 0. The fourth-order valence-corrected chi connectivity index (χ4v) is 53.6. The Bertz CT molecular complexity index is 2300. The van der Waals surface area contributed by atoms with Crippen molar-refractivity contribution in [3.05, 3.63) is 121 Å². The molecule has 17 nitrogen and oxygen atoms in total. The molecule has 0 aliphatic rings. The lowest BCUT2D eigenvalue weighted by atomic mass is 10.4. The maximum Gasteiger partial charge on any atom is 0.389 e. The number of hydrogen-bond donors (Lipinski definition) is 8. The van der Waals surface area contributed by atoms with E-state index in [4.69, 9.17) is 37.0 Å². The van der Waals surface area contributed by atoms with Gasteiger partial charge in [-0.3, -0.25) is 0 Å². The second-order valence-corrected chi connectivity index (χ2v) is 67.9. The van der Waals surface area contributed by atoms with Crippen molar-refractivity contribution in [3.63, 3.8) is 0 Å². The Labute approximate surface area is 524 Å². The Morgan fingerprint density at radius 2 is 0.459 bits per heavy atom. The van der Waals surface area contributed by atoms with Crippen molar-refractivity contribution >= 4 is 132 Å². The normalized spacial score (nSPS) is 13.3. The van der Waals surface area contributed by atoms with E-state index in [1.54, 1.807) is 78.6 Å². The highest BCUT2D eigenvalue weighted by molar-refractivity contribution is 7.02. The van der Waals surface area contributed by atoms with E-state index in [0.29, 0.717) is 0 Å². The molecule has 0 amide bonds. The second-order valence-electron chi connectivity index (χ2n) is 24.2. The summed E-state index contributed by atoms with van der Waals surface area (Å²) >= 11 is 0. The Morgan fingerprint density at radius 1 is 0.282 bits per heavy atom. The van der Waals surface area contributed by atoms with Crippen molar-refractivity contribution in [3.8, 4) is 0 Å². The molecule has 4 rings (SSSR count). The summed E-state index contributed by atoms with van der Waals surface area (Å²) in [7, 11) is -37.5. The molecule has 0 saturated carbocycles. The van der Waals surface area contributed by atoms with Gasteiger partial charge in [0.05, 0.1) is 0 Å². The SMILES string of the molecule is C.C.C.C.C[Si](C)(O)O[Si](C)(C)O[Si](C)(C)O.C[Si](C)(O)O[Si](C)(C)O[Si](O[Si](C)(C)O)(c1ccccc1)c1ccccc1.C[Si](C)(O)O[Si](C)(CCC(F)(F)F)O[Si](C)(C)O.C[Si](C)(O)O[Si](O[Si](C)(C)O)(c1ccccc1)c1ccccc1. The predicted molar refractivity (Wildman–Crippen MR) is 372 cm³/mol. The number of hydrogen-bond acceptors (Lipinski definition) is 17. The lowest BCUT2D eigenvalue weighted by molar-refractivity contribution is -0.131. The van der Waals surface area contributed by atoms with Gasteiger partial charge in [0, 0.05) is 6.42 Å². The van der Waals surface area contributed by atoms with E-state index in [-0.39, 0.29) is 35.8 Å². The van der Waals surface area contributed by atoms with Crippen molar-refractivity contribution in [2.24, 2.45) is 0 Å². The van der Waals surface area contributed by atoms with Crippen LogP contribution in [0.3, 0.4) is 0 Å². The highest BCUT2D eigenvalue weighted by Gasteiger charge is 2.53. The van der Waals surface area contributed by atoms with E-state index in [9.17, 15) is 51.5 Å². The molecule has 0 saturated heterocycles. The van der Waals surface area contributed by atoms with E-state index in [0.717, 1.165) is 20.7 Å². The van der Waals surface area contributed by atoms with Gasteiger partial charge in [-0.05, 0) is 164 Å². The molecule has 0 heterocycles. The van der Waals surface area contributed by atoms with Gasteiger partial charge in [-0.15, -0.1) is 0 Å². The zero-order chi connectivity index (χ0) is 63.2. The molecular weight excluding hydrogens is 1320 g/mol. The minimum atomic E-state index is -4.30. The third kappa shape index (κ3) is 40.3. The molecule has 4 aromatic carbocycles. The predicted octanol–water partition coefficient (Wildman–Crippen LogP) is 10.1. The Balaban J connectivity index is -0.000000523. The van der Waals surface area contributed by atoms with E-state index in [2.05, 4.69) is 0 Å². The number of halogens is 3. The summed E-state index contributed by atoms with van der Waals surface area (Å²) in [6.07, 6.45) is -5.34. The molecule has 33 heteroatoms. The molecule has 0 fully saturated rings. The average molecular weight is 1430 g/mol. The van der Waals surface area contributed by atoms with Gasteiger partial charge < -0.3 is 75.4 Å². The topological polar surface area (TPSA) is 245 Å². The number of rotatable bonds is 24. The van der Waals surface area contributed by atoms with Crippen LogP contribution in [0.4, 0.5) is 13.2 Å². The van der Waals surface area contributed by atoms with Gasteiger partial charge in [-0.1, -0.05) is 151 Å². The van der Waals surface area contributed by atoms with Crippen molar-refractivity contribution in [1.82, 2.24) is 0 Å². The van der Waals surface area contributed by atoms with Crippen molar-refractivity contribution < 1.29 is 88.6 Å².